The van der Waals surface area contributed by atoms with Gasteiger partial charge in [0.15, 0.2) is 0 Å². The van der Waals surface area contributed by atoms with Crippen molar-refractivity contribution in [2.45, 2.75) is 11.1 Å². The van der Waals surface area contributed by atoms with Crippen LogP contribution in [0, 0.1) is 0 Å². The van der Waals surface area contributed by atoms with Crippen LogP contribution in [0.3, 0.4) is 0 Å². The molecule has 18 heavy (non-hydrogen) atoms. The molecule has 0 radical (unpaired) electrons. The van der Waals surface area contributed by atoms with Gasteiger partial charge in [0.25, 0.3) is 0 Å². The minimum absolute atomic E-state index is 0.308. The Kier molecular flexibility index (Phi) is 3.88. The van der Waals surface area contributed by atoms with E-state index < -0.39 is 11.6 Å². The van der Waals surface area contributed by atoms with Gasteiger partial charge in [0.1, 0.15) is 0 Å². The van der Waals surface area contributed by atoms with Gasteiger partial charge < -0.3 is 9.52 Å². The lowest BCUT2D eigenvalue weighted by Gasteiger charge is -2.00. The molecule has 0 atom stereocenters. The fourth-order valence-electron chi connectivity index (χ4n) is 1.45. The molecule has 1 N–H and O–H groups in total. The maximum absolute atomic E-state index is 11.1. The molecule has 0 aliphatic heterocycles. The summed E-state index contributed by atoms with van der Waals surface area (Å²) in [5, 5.41) is 9.03. The summed E-state index contributed by atoms with van der Waals surface area (Å²) in [6, 6.07) is 6.49. The summed E-state index contributed by atoms with van der Waals surface area (Å²) in [6.45, 7) is 2.05. The SMILES string of the molecule is CCSc1ccc(-c2ccc(=O)oc2C(=O)O)s1. The summed E-state index contributed by atoms with van der Waals surface area (Å²) < 4.78 is 5.84. The minimum atomic E-state index is -1.24. The molecule has 0 aliphatic carbocycles. The molecule has 0 aromatic carbocycles. The Bertz CT molecular complexity index is 627. The van der Waals surface area contributed by atoms with E-state index in [0.29, 0.717) is 5.56 Å². The van der Waals surface area contributed by atoms with Gasteiger partial charge in [-0.15, -0.1) is 23.1 Å². The second-order valence-electron chi connectivity index (χ2n) is 3.35. The van der Waals surface area contributed by atoms with Crippen LogP contribution < -0.4 is 5.63 Å². The van der Waals surface area contributed by atoms with Crippen LogP contribution in [0.1, 0.15) is 17.5 Å². The zero-order valence-corrected chi connectivity index (χ0v) is 11.1. The molecule has 2 rings (SSSR count). The molecular weight excluding hydrogens is 272 g/mol. The second-order valence-corrected chi connectivity index (χ2v) is 6.00. The first-order chi connectivity index (χ1) is 8.61. The highest BCUT2D eigenvalue weighted by Crippen LogP contribution is 2.34. The van der Waals surface area contributed by atoms with Crippen molar-refractivity contribution >= 4 is 29.1 Å². The Labute approximate surface area is 111 Å². The van der Waals surface area contributed by atoms with E-state index in [-0.39, 0.29) is 5.76 Å². The summed E-state index contributed by atoms with van der Waals surface area (Å²) in [6.07, 6.45) is 0. The number of thiophene rings is 1. The average Bonchev–Trinajstić information content (AvgIpc) is 2.78. The van der Waals surface area contributed by atoms with Crippen molar-refractivity contribution in [3.8, 4) is 10.4 Å². The van der Waals surface area contributed by atoms with Crippen LogP contribution in [0.2, 0.25) is 0 Å². The summed E-state index contributed by atoms with van der Waals surface area (Å²) in [7, 11) is 0. The molecule has 2 aromatic rings. The maximum Gasteiger partial charge on any atom is 0.372 e. The number of carboxylic acid groups (broad SMARTS) is 1. The third-order valence-electron chi connectivity index (χ3n) is 2.16. The molecule has 0 bridgehead atoms. The molecule has 0 saturated carbocycles. The Hall–Kier alpha value is -1.53. The highest BCUT2D eigenvalue weighted by molar-refractivity contribution is 8.01. The van der Waals surface area contributed by atoms with Gasteiger partial charge in [-0.1, -0.05) is 6.92 Å². The van der Waals surface area contributed by atoms with Crippen LogP contribution in [0.4, 0.5) is 0 Å². The van der Waals surface area contributed by atoms with E-state index in [2.05, 4.69) is 0 Å². The molecule has 2 heterocycles. The van der Waals surface area contributed by atoms with Gasteiger partial charge in [0.05, 0.1) is 4.21 Å². The van der Waals surface area contributed by atoms with Crippen LogP contribution in [0.5, 0.6) is 0 Å². The first kappa shape index (κ1) is 12.9. The van der Waals surface area contributed by atoms with Gasteiger partial charge in [0, 0.05) is 16.5 Å². The monoisotopic (exact) mass is 282 g/mol. The molecule has 0 fully saturated rings. The van der Waals surface area contributed by atoms with E-state index in [1.807, 2.05) is 19.1 Å². The first-order valence-corrected chi connectivity index (χ1v) is 7.02. The van der Waals surface area contributed by atoms with Gasteiger partial charge in [-0.25, -0.2) is 9.59 Å². The fraction of sp³-hybridized carbons (Fsp3) is 0.167. The van der Waals surface area contributed by atoms with Crippen molar-refractivity contribution in [1.82, 2.24) is 0 Å². The van der Waals surface area contributed by atoms with E-state index in [9.17, 15) is 9.59 Å². The Morgan fingerprint density at radius 3 is 2.83 bits per heavy atom. The number of hydrogen-bond donors (Lipinski definition) is 1. The van der Waals surface area contributed by atoms with Gasteiger partial charge in [0.2, 0.25) is 5.76 Å². The summed E-state index contributed by atoms with van der Waals surface area (Å²) >= 11 is 3.17. The van der Waals surface area contributed by atoms with Crippen molar-refractivity contribution in [2.24, 2.45) is 0 Å². The van der Waals surface area contributed by atoms with E-state index in [4.69, 9.17) is 9.52 Å². The van der Waals surface area contributed by atoms with Crippen LogP contribution in [-0.4, -0.2) is 16.8 Å². The molecular formula is C12H10O4S2. The van der Waals surface area contributed by atoms with Gasteiger partial charge >= 0.3 is 11.6 Å². The number of carboxylic acids is 1. The number of aromatic carboxylic acids is 1. The fourth-order valence-corrected chi connectivity index (χ4v) is 3.52. The van der Waals surface area contributed by atoms with Crippen LogP contribution in [0.15, 0.2) is 37.7 Å². The van der Waals surface area contributed by atoms with Gasteiger partial charge in [-0.3, -0.25) is 0 Å². The molecule has 0 aliphatic rings. The maximum atomic E-state index is 11.1. The largest absolute Gasteiger partial charge is 0.475 e. The molecule has 4 nitrogen and oxygen atoms in total. The molecule has 0 spiro atoms. The molecule has 94 valence electrons. The minimum Gasteiger partial charge on any atom is -0.475 e. The van der Waals surface area contributed by atoms with E-state index >= 15 is 0 Å². The zero-order chi connectivity index (χ0) is 13.1. The van der Waals surface area contributed by atoms with Crippen molar-refractivity contribution in [3.05, 3.63) is 40.4 Å². The zero-order valence-electron chi connectivity index (χ0n) is 9.50. The predicted octanol–water partition coefficient (Wildman–Crippen LogP) is 3.18. The number of hydrogen-bond acceptors (Lipinski definition) is 5. The van der Waals surface area contributed by atoms with E-state index in [1.54, 1.807) is 11.8 Å². The topological polar surface area (TPSA) is 67.5 Å². The number of rotatable bonds is 4. The molecule has 0 amide bonds. The standard InChI is InChI=1S/C12H10O4S2/c1-2-17-10-6-4-8(18-10)7-3-5-9(13)16-11(7)12(14)15/h3-6H,2H2,1H3,(H,14,15). The highest BCUT2D eigenvalue weighted by atomic mass is 32.2. The molecule has 2 aromatic heterocycles. The Morgan fingerprint density at radius 2 is 2.17 bits per heavy atom. The van der Waals surface area contributed by atoms with E-state index in [1.165, 1.54) is 23.5 Å². The second kappa shape index (κ2) is 5.41. The first-order valence-electron chi connectivity index (χ1n) is 5.22. The number of carbonyl (C=O) groups is 1. The highest BCUT2D eigenvalue weighted by Gasteiger charge is 2.16. The van der Waals surface area contributed by atoms with Crippen molar-refractivity contribution in [1.29, 1.82) is 0 Å². The number of thioether (sulfide) groups is 1. The van der Waals surface area contributed by atoms with Crippen molar-refractivity contribution in [2.75, 3.05) is 5.75 Å². The Morgan fingerprint density at radius 1 is 1.39 bits per heavy atom. The normalized spacial score (nSPS) is 10.5. The van der Waals surface area contributed by atoms with Crippen LogP contribution in [-0.2, 0) is 0 Å². The summed E-state index contributed by atoms with van der Waals surface area (Å²) in [5.41, 5.74) is -0.217. The quantitative estimate of drug-likeness (QED) is 0.872. The third-order valence-corrected chi connectivity index (χ3v) is 4.39. The van der Waals surface area contributed by atoms with E-state index in [0.717, 1.165) is 14.8 Å². The van der Waals surface area contributed by atoms with Crippen molar-refractivity contribution < 1.29 is 14.3 Å². The lowest BCUT2D eigenvalue weighted by Crippen LogP contribution is -2.06. The predicted molar refractivity (Wildman–Crippen MR) is 71.6 cm³/mol. The molecule has 6 heteroatoms. The average molecular weight is 282 g/mol. The van der Waals surface area contributed by atoms with Crippen LogP contribution >= 0.6 is 23.1 Å². The Balaban J connectivity index is 2.49. The smallest absolute Gasteiger partial charge is 0.372 e. The van der Waals surface area contributed by atoms with Gasteiger partial charge in [-0.2, -0.15) is 0 Å². The third kappa shape index (κ3) is 2.65. The lowest BCUT2D eigenvalue weighted by molar-refractivity contribution is 0.0658. The lowest BCUT2D eigenvalue weighted by atomic mass is 10.2. The summed E-state index contributed by atoms with van der Waals surface area (Å²) in [4.78, 5) is 22.9. The molecule has 0 unspecified atom stereocenters. The molecule has 0 saturated heterocycles. The van der Waals surface area contributed by atoms with Gasteiger partial charge in [-0.05, 0) is 24.0 Å². The van der Waals surface area contributed by atoms with Crippen molar-refractivity contribution in [3.63, 3.8) is 0 Å². The van der Waals surface area contributed by atoms with Crippen LogP contribution in [0.25, 0.3) is 10.4 Å². The summed E-state index contributed by atoms with van der Waals surface area (Å²) in [5.74, 6) is -0.589.